The molecule has 0 fully saturated rings. The van der Waals surface area contributed by atoms with Crippen molar-refractivity contribution < 1.29 is 19.2 Å². The van der Waals surface area contributed by atoms with Gasteiger partial charge in [-0.2, -0.15) is 0 Å². The molecular weight excluding hydrogens is 248 g/mol. The summed E-state index contributed by atoms with van der Waals surface area (Å²) in [5.41, 5.74) is -0.0498. The lowest BCUT2D eigenvalue weighted by atomic mass is 10.1. The number of aromatic nitrogens is 1. The highest BCUT2D eigenvalue weighted by molar-refractivity contribution is 5.85. The van der Waals surface area contributed by atoms with Gasteiger partial charge in [0.15, 0.2) is 11.5 Å². The van der Waals surface area contributed by atoms with E-state index in [0.717, 1.165) is 19.4 Å². The van der Waals surface area contributed by atoms with E-state index < -0.39 is 5.97 Å². The lowest BCUT2D eigenvalue weighted by Gasteiger charge is -2.29. The molecule has 0 spiro atoms. The predicted octanol–water partition coefficient (Wildman–Crippen LogP) is 2.01. The number of methoxy groups -OCH3 is 1. The highest BCUT2D eigenvalue weighted by Crippen LogP contribution is 2.14. The number of ether oxygens (including phenoxy) is 1. The minimum atomic E-state index is -1.07. The van der Waals surface area contributed by atoms with E-state index in [1.54, 1.807) is 7.11 Å². The summed E-state index contributed by atoms with van der Waals surface area (Å²) in [4.78, 5) is 13.0. The monoisotopic (exact) mass is 270 g/mol. The zero-order valence-corrected chi connectivity index (χ0v) is 11.8. The molecule has 0 saturated heterocycles. The minimum absolute atomic E-state index is 0.0498. The maximum Gasteiger partial charge on any atom is 0.358 e. The predicted molar refractivity (Wildman–Crippen MR) is 70.1 cm³/mol. The molecule has 0 aliphatic heterocycles. The molecule has 1 aromatic rings. The van der Waals surface area contributed by atoms with E-state index in [0.29, 0.717) is 25.0 Å². The van der Waals surface area contributed by atoms with Gasteiger partial charge >= 0.3 is 5.97 Å². The van der Waals surface area contributed by atoms with E-state index in [1.165, 1.54) is 6.07 Å². The molecule has 1 aromatic heterocycles. The molecule has 1 heterocycles. The quantitative estimate of drug-likeness (QED) is 0.739. The molecule has 6 heteroatoms. The van der Waals surface area contributed by atoms with Crippen molar-refractivity contribution in [3.05, 3.63) is 17.5 Å². The first kappa shape index (κ1) is 15.7. The van der Waals surface area contributed by atoms with Crippen LogP contribution >= 0.6 is 0 Å². The second-order valence-corrected chi connectivity index (χ2v) is 4.42. The van der Waals surface area contributed by atoms with Gasteiger partial charge in [0.05, 0.1) is 13.2 Å². The summed E-state index contributed by atoms with van der Waals surface area (Å²) >= 11 is 0. The number of carbonyl (C=O) groups is 1. The van der Waals surface area contributed by atoms with E-state index in [-0.39, 0.29) is 5.69 Å². The molecule has 1 N–H and O–H groups in total. The SMILES string of the molecule is CCC(CC)N(CCOC)Cc1cc(C(=O)O)no1. The fourth-order valence-electron chi connectivity index (χ4n) is 2.09. The highest BCUT2D eigenvalue weighted by atomic mass is 16.5. The zero-order chi connectivity index (χ0) is 14.3. The Morgan fingerprint density at radius 2 is 2.21 bits per heavy atom. The maximum atomic E-state index is 10.8. The molecule has 0 atom stereocenters. The van der Waals surface area contributed by atoms with Gasteiger partial charge in [-0.05, 0) is 12.8 Å². The lowest BCUT2D eigenvalue weighted by Crippen LogP contribution is -2.36. The Balaban J connectivity index is 2.71. The van der Waals surface area contributed by atoms with Crippen molar-refractivity contribution in [3.63, 3.8) is 0 Å². The molecule has 19 heavy (non-hydrogen) atoms. The van der Waals surface area contributed by atoms with Gasteiger partial charge in [0.1, 0.15) is 0 Å². The fourth-order valence-corrected chi connectivity index (χ4v) is 2.09. The second-order valence-electron chi connectivity index (χ2n) is 4.42. The topological polar surface area (TPSA) is 75.8 Å². The summed E-state index contributed by atoms with van der Waals surface area (Å²) in [5, 5.41) is 12.3. The molecule has 0 unspecified atom stereocenters. The number of carboxylic acids is 1. The first-order chi connectivity index (χ1) is 9.12. The van der Waals surface area contributed by atoms with Crippen LogP contribution in [0, 0.1) is 0 Å². The van der Waals surface area contributed by atoms with Crippen LogP contribution in [-0.4, -0.2) is 47.4 Å². The Labute approximate surface area is 113 Å². The van der Waals surface area contributed by atoms with Crippen LogP contribution in [0.25, 0.3) is 0 Å². The van der Waals surface area contributed by atoms with Crippen LogP contribution in [0.5, 0.6) is 0 Å². The Bertz CT molecular complexity index is 388. The summed E-state index contributed by atoms with van der Waals surface area (Å²) in [6.45, 7) is 6.24. The zero-order valence-electron chi connectivity index (χ0n) is 11.8. The van der Waals surface area contributed by atoms with Crippen molar-refractivity contribution in [2.75, 3.05) is 20.3 Å². The molecule has 1 rings (SSSR count). The van der Waals surface area contributed by atoms with Crippen LogP contribution in [0.2, 0.25) is 0 Å². The fraction of sp³-hybridized carbons (Fsp3) is 0.692. The van der Waals surface area contributed by atoms with Crippen LogP contribution in [0.1, 0.15) is 42.9 Å². The van der Waals surface area contributed by atoms with Gasteiger partial charge in [-0.25, -0.2) is 4.79 Å². The largest absolute Gasteiger partial charge is 0.476 e. The van der Waals surface area contributed by atoms with E-state index in [9.17, 15) is 4.79 Å². The van der Waals surface area contributed by atoms with Crippen LogP contribution in [0.15, 0.2) is 10.6 Å². The normalized spacial score (nSPS) is 11.4. The average molecular weight is 270 g/mol. The lowest BCUT2D eigenvalue weighted by molar-refractivity contribution is 0.0685. The maximum absolute atomic E-state index is 10.8. The van der Waals surface area contributed by atoms with Crippen LogP contribution in [-0.2, 0) is 11.3 Å². The van der Waals surface area contributed by atoms with Gasteiger partial charge in [-0.3, -0.25) is 4.90 Å². The van der Waals surface area contributed by atoms with E-state index >= 15 is 0 Å². The molecule has 0 amide bonds. The summed E-state index contributed by atoms with van der Waals surface area (Å²) in [6, 6.07) is 1.90. The molecular formula is C13H22N2O4. The van der Waals surface area contributed by atoms with Gasteiger partial charge in [-0.15, -0.1) is 0 Å². The van der Waals surface area contributed by atoms with E-state index in [2.05, 4.69) is 23.9 Å². The third-order valence-corrected chi connectivity index (χ3v) is 3.18. The average Bonchev–Trinajstić information content (AvgIpc) is 2.85. The summed E-state index contributed by atoms with van der Waals surface area (Å²) in [7, 11) is 1.67. The Morgan fingerprint density at radius 1 is 1.53 bits per heavy atom. The van der Waals surface area contributed by atoms with Crippen LogP contribution < -0.4 is 0 Å². The van der Waals surface area contributed by atoms with Crippen molar-refractivity contribution in [1.29, 1.82) is 0 Å². The molecule has 6 nitrogen and oxygen atoms in total. The Kier molecular flexibility index (Phi) is 6.52. The van der Waals surface area contributed by atoms with Gasteiger partial charge in [0, 0.05) is 25.8 Å². The van der Waals surface area contributed by atoms with Crippen LogP contribution in [0.4, 0.5) is 0 Å². The van der Waals surface area contributed by atoms with Crippen molar-refractivity contribution in [2.24, 2.45) is 0 Å². The highest BCUT2D eigenvalue weighted by Gasteiger charge is 2.18. The summed E-state index contributed by atoms with van der Waals surface area (Å²) in [6.07, 6.45) is 2.06. The number of hydrogen-bond donors (Lipinski definition) is 1. The number of nitrogens with zero attached hydrogens (tertiary/aromatic N) is 2. The van der Waals surface area contributed by atoms with Gasteiger partial charge in [0.2, 0.25) is 0 Å². The van der Waals surface area contributed by atoms with E-state index in [1.807, 2.05) is 0 Å². The smallest absolute Gasteiger partial charge is 0.358 e. The molecule has 0 aliphatic carbocycles. The molecule has 0 aliphatic rings. The number of carboxylic acid groups (broad SMARTS) is 1. The van der Waals surface area contributed by atoms with E-state index in [4.69, 9.17) is 14.4 Å². The summed E-state index contributed by atoms with van der Waals surface area (Å²) in [5.74, 6) is -0.499. The Morgan fingerprint density at radius 3 is 2.68 bits per heavy atom. The Hall–Kier alpha value is -1.40. The van der Waals surface area contributed by atoms with Crippen molar-refractivity contribution in [2.45, 2.75) is 39.3 Å². The van der Waals surface area contributed by atoms with Crippen molar-refractivity contribution >= 4 is 5.97 Å². The van der Waals surface area contributed by atoms with Gasteiger partial charge in [-0.1, -0.05) is 19.0 Å². The van der Waals surface area contributed by atoms with Gasteiger partial charge in [0.25, 0.3) is 0 Å². The van der Waals surface area contributed by atoms with Crippen LogP contribution in [0.3, 0.4) is 0 Å². The molecule has 0 aromatic carbocycles. The second kappa shape index (κ2) is 7.91. The summed E-state index contributed by atoms with van der Waals surface area (Å²) < 4.78 is 10.2. The van der Waals surface area contributed by atoms with Gasteiger partial charge < -0.3 is 14.4 Å². The number of hydrogen-bond acceptors (Lipinski definition) is 5. The third-order valence-electron chi connectivity index (χ3n) is 3.18. The standard InChI is InChI=1S/C13H22N2O4/c1-4-10(5-2)15(6-7-18-3)9-11-8-12(13(16)17)14-19-11/h8,10H,4-7,9H2,1-3H3,(H,16,17). The van der Waals surface area contributed by atoms with Crippen molar-refractivity contribution in [1.82, 2.24) is 10.1 Å². The number of rotatable bonds is 9. The van der Waals surface area contributed by atoms with Crippen molar-refractivity contribution in [3.8, 4) is 0 Å². The molecule has 0 radical (unpaired) electrons. The minimum Gasteiger partial charge on any atom is -0.476 e. The third kappa shape index (κ3) is 4.65. The molecule has 0 bridgehead atoms. The number of aromatic carboxylic acids is 1. The molecule has 108 valence electrons. The first-order valence-corrected chi connectivity index (χ1v) is 6.54. The molecule has 0 saturated carbocycles. The first-order valence-electron chi connectivity index (χ1n) is 6.54.